The van der Waals surface area contributed by atoms with Gasteiger partial charge in [-0.05, 0) is 31.9 Å². The van der Waals surface area contributed by atoms with Crippen LogP contribution in [0.3, 0.4) is 0 Å². The molecule has 84 valence electrons. The Bertz CT molecular complexity index is 219. The van der Waals surface area contributed by atoms with E-state index in [4.69, 9.17) is 0 Å². The summed E-state index contributed by atoms with van der Waals surface area (Å²) >= 11 is 1.53. The van der Waals surface area contributed by atoms with Crippen molar-refractivity contribution in [3.63, 3.8) is 0 Å². The van der Waals surface area contributed by atoms with Crippen molar-refractivity contribution in [2.75, 3.05) is 0 Å². The Morgan fingerprint density at radius 3 is 1.00 bits per heavy atom. The van der Waals surface area contributed by atoms with Crippen molar-refractivity contribution in [1.29, 1.82) is 0 Å². The lowest BCUT2D eigenvalue weighted by Crippen LogP contribution is -2.43. The first-order valence-electron chi connectivity index (χ1n) is 2.17. The summed E-state index contributed by atoms with van der Waals surface area (Å²) in [7, 11) is -11.0. The molecule has 13 heavy (non-hydrogen) atoms. The zero-order chi connectivity index (χ0) is 11.4. The smallest absolute Gasteiger partial charge is 0.201 e. The van der Waals surface area contributed by atoms with Gasteiger partial charge in [0.15, 0.2) is 0 Å². The van der Waals surface area contributed by atoms with E-state index >= 15 is 0 Å². The molecule has 0 saturated carbocycles. The molecule has 0 saturated heterocycles. The molecular weight excluding hydrogens is 368 g/mol. The Kier molecular flexibility index (Phi) is 2.42. The van der Waals surface area contributed by atoms with Gasteiger partial charge in [-0.2, -0.15) is 8.78 Å². The highest BCUT2D eigenvalue weighted by atomic mass is 79.9. The molecule has 1 unspecified atom stereocenters. The van der Waals surface area contributed by atoms with E-state index in [0.29, 0.717) is 15.9 Å². The predicted molar refractivity (Wildman–Crippen MR) is 39.8 cm³/mol. The first-order valence-corrected chi connectivity index (χ1v) is 5.71. The molecule has 0 aromatic carbocycles. The van der Waals surface area contributed by atoms with Crippen LogP contribution < -0.4 is 0 Å². The Morgan fingerprint density at radius 1 is 0.769 bits per heavy atom. The average Bonchev–Trinajstić information content (AvgIpc) is 1.52. The molecule has 0 radical (unpaired) electrons. The SMILES string of the molecule is FC(F)(Br)C(F)(Br)S(F)(F)(F)(F)F. The van der Waals surface area contributed by atoms with Crippen LogP contribution in [0.25, 0.3) is 0 Å². The summed E-state index contributed by atoms with van der Waals surface area (Å²) in [6, 6.07) is 0. The third-order valence-corrected chi connectivity index (χ3v) is 5.71. The third-order valence-electron chi connectivity index (χ3n) is 0.814. The predicted octanol–water partition coefficient (Wildman–Crippen LogP) is 5.29. The highest BCUT2D eigenvalue weighted by Crippen LogP contribution is 3.06. The molecular formula is C2Br2F8S. The number of hydrogen-bond donors (Lipinski definition) is 0. The van der Waals surface area contributed by atoms with Crippen LogP contribution in [0.2, 0.25) is 0 Å². The van der Waals surface area contributed by atoms with Gasteiger partial charge in [0.25, 0.3) is 0 Å². The Balaban J connectivity index is 5.60. The molecule has 0 aromatic rings. The number of hydrogen-bond acceptors (Lipinski definition) is 0. The van der Waals surface area contributed by atoms with E-state index in [-0.39, 0.29) is 0 Å². The van der Waals surface area contributed by atoms with Crippen molar-refractivity contribution < 1.29 is 32.6 Å². The maximum absolute atomic E-state index is 12.2. The molecule has 0 aliphatic heterocycles. The van der Waals surface area contributed by atoms with Crippen LogP contribution in [0.5, 0.6) is 0 Å². The summed E-state index contributed by atoms with van der Waals surface area (Å²) in [5.41, 5.74) is 0. The van der Waals surface area contributed by atoms with Gasteiger partial charge >= 0.3 is 19.0 Å². The van der Waals surface area contributed by atoms with Crippen molar-refractivity contribution in [3.8, 4) is 0 Å². The molecule has 0 aromatic heterocycles. The van der Waals surface area contributed by atoms with Crippen molar-refractivity contribution in [1.82, 2.24) is 0 Å². The van der Waals surface area contributed by atoms with Gasteiger partial charge in [-0.1, -0.05) is 19.4 Å². The quantitative estimate of drug-likeness (QED) is 0.459. The topological polar surface area (TPSA) is 0 Å². The summed E-state index contributed by atoms with van der Waals surface area (Å²) in [4.78, 5) is -5.46. The van der Waals surface area contributed by atoms with Crippen LogP contribution in [0.4, 0.5) is 32.6 Å². The van der Waals surface area contributed by atoms with E-state index in [1.165, 1.54) is 0 Å². The molecule has 11 heteroatoms. The first-order chi connectivity index (χ1) is 5.00. The van der Waals surface area contributed by atoms with Gasteiger partial charge in [-0.3, -0.25) is 0 Å². The maximum atomic E-state index is 12.2. The van der Waals surface area contributed by atoms with Crippen LogP contribution in [-0.2, 0) is 0 Å². The van der Waals surface area contributed by atoms with E-state index in [1.54, 1.807) is 0 Å². The largest absolute Gasteiger partial charge is 0.371 e. The summed E-state index contributed by atoms with van der Waals surface area (Å²) in [6.45, 7) is 0. The standard InChI is InChI=1S/C2Br2F8S/c3-1(5,6)2(4,7)13(8,9,10,11)12. The second kappa shape index (κ2) is 2.29. The minimum atomic E-state index is -11.0. The molecule has 0 nitrogen and oxygen atoms in total. The van der Waals surface area contributed by atoms with E-state index in [2.05, 4.69) is 0 Å². The highest BCUT2D eigenvalue weighted by Gasteiger charge is 2.88. The normalized spacial score (nSPS) is 24.5. The van der Waals surface area contributed by atoms with Crippen molar-refractivity contribution in [2.24, 2.45) is 0 Å². The second-order valence-corrected chi connectivity index (χ2v) is 7.10. The fourth-order valence-corrected chi connectivity index (χ4v) is 1.57. The molecule has 0 aliphatic carbocycles. The molecule has 0 amide bonds. The van der Waals surface area contributed by atoms with Gasteiger partial charge in [-0.25, -0.2) is 4.39 Å². The molecule has 0 spiro atoms. The number of halogens is 10. The Morgan fingerprint density at radius 2 is 1.00 bits per heavy atom. The van der Waals surface area contributed by atoms with Gasteiger partial charge < -0.3 is 0 Å². The number of alkyl halides is 5. The lowest BCUT2D eigenvalue weighted by Gasteiger charge is -2.48. The van der Waals surface area contributed by atoms with Gasteiger partial charge in [-0.15, -0.1) is 0 Å². The molecule has 0 aliphatic rings. The summed E-state index contributed by atoms with van der Waals surface area (Å²) in [6.07, 6.45) is 0. The third kappa shape index (κ3) is 2.41. The summed E-state index contributed by atoms with van der Waals surface area (Å²) < 4.78 is 87.5. The molecule has 0 rings (SSSR count). The lowest BCUT2D eigenvalue weighted by molar-refractivity contribution is 0.0256. The van der Waals surface area contributed by atoms with E-state index in [1.807, 2.05) is 0 Å². The van der Waals surface area contributed by atoms with Crippen molar-refractivity contribution in [3.05, 3.63) is 0 Å². The van der Waals surface area contributed by atoms with Crippen LogP contribution in [0.1, 0.15) is 0 Å². The second-order valence-electron chi connectivity index (χ2n) is 1.98. The average molecular weight is 368 g/mol. The minimum Gasteiger partial charge on any atom is -0.201 e. The zero-order valence-electron chi connectivity index (χ0n) is 5.19. The van der Waals surface area contributed by atoms with Crippen molar-refractivity contribution in [2.45, 2.75) is 8.74 Å². The van der Waals surface area contributed by atoms with Crippen molar-refractivity contribution >= 4 is 42.1 Å². The van der Waals surface area contributed by atoms with Crippen LogP contribution >= 0.6 is 42.1 Å². The Hall–Kier alpha value is 0.750. The molecule has 1 atom stereocenters. The minimum absolute atomic E-state index is 0.649. The highest BCUT2D eigenvalue weighted by molar-refractivity contribution is 9.15. The Labute approximate surface area is 83.6 Å². The fourth-order valence-electron chi connectivity index (χ4n) is 0.219. The van der Waals surface area contributed by atoms with Gasteiger partial charge in [0, 0.05) is 0 Å². The summed E-state index contributed by atoms with van der Waals surface area (Å²) in [5.74, 6) is 0. The fraction of sp³-hybridized carbons (Fsp3) is 1.00. The first kappa shape index (κ1) is 13.8. The van der Waals surface area contributed by atoms with E-state index in [0.717, 1.165) is 15.9 Å². The van der Waals surface area contributed by atoms with Crippen LogP contribution in [-0.4, -0.2) is 8.74 Å². The van der Waals surface area contributed by atoms with Gasteiger partial charge in [0.2, 0.25) is 0 Å². The van der Waals surface area contributed by atoms with E-state index in [9.17, 15) is 32.6 Å². The summed E-state index contributed by atoms with van der Waals surface area (Å²) in [5, 5.41) is 0. The van der Waals surface area contributed by atoms with Crippen LogP contribution in [0, 0.1) is 0 Å². The van der Waals surface area contributed by atoms with E-state index < -0.39 is 19.0 Å². The zero-order valence-corrected chi connectivity index (χ0v) is 9.18. The molecule has 0 N–H and O–H groups in total. The van der Waals surface area contributed by atoms with Gasteiger partial charge in [0.1, 0.15) is 0 Å². The van der Waals surface area contributed by atoms with Crippen LogP contribution in [0.15, 0.2) is 0 Å². The molecule has 0 fully saturated rings. The number of rotatable bonds is 2. The molecule has 0 heterocycles. The monoisotopic (exact) mass is 366 g/mol. The van der Waals surface area contributed by atoms with Gasteiger partial charge in [0.05, 0.1) is 0 Å². The maximum Gasteiger partial charge on any atom is 0.371 e. The molecule has 0 bridgehead atoms. The lowest BCUT2D eigenvalue weighted by atomic mass is 10.8.